The van der Waals surface area contributed by atoms with Crippen LogP contribution in [-0.2, 0) is 20.7 Å². The van der Waals surface area contributed by atoms with E-state index in [0.717, 1.165) is 6.07 Å². The zero-order chi connectivity index (χ0) is 16.0. The summed E-state index contributed by atoms with van der Waals surface area (Å²) in [6.07, 6.45) is -1.61. The van der Waals surface area contributed by atoms with Crippen LogP contribution in [0.3, 0.4) is 0 Å². The summed E-state index contributed by atoms with van der Waals surface area (Å²) >= 11 is 5.78. The molecule has 3 amide bonds. The lowest BCUT2D eigenvalue weighted by molar-refractivity contribution is -0.153. The third-order valence-electron chi connectivity index (χ3n) is 2.52. The standard InChI is InChI=1S/C13H14ClFN2O4/c1-7(12(19)17-13(20)16-2)21-11(18)6-8-9(14)4-3-5-10(8)15/h3-5,7H,6H2,1-2H3,(H2,16,17,19,20)/t7-/m0/s1. The monoisotopic (exact) mass is 316 g/mol. The highest BCUT2D eigenvalue weighted by Gasteiger charge is 2.21. The lowest BCUT2D eigenvalue weighted by Gasteiger charge is -2.13. The van der Waals surface area contributed by atoms with Crippen molar-refractivity contribution < 1.29 is 23.5 Å². The van der Waals surface area contributed by atoms with Gasteiger partial charge in [0, 0.05) is 17.6 Å². The van der Waals surface area contributed by atoms with Gasteiger partial charge in [-0.05, 0) is 19.1 Å². The molecule has 0 aliphatic rings. The maximum absolute atomic E-state index is 13.5. The van der Waals surface area contributed by atoms with Crippen LogP contribution >= 0.6 is 11.6 Å². The van der Waals surface area contributed by atoms with E-state index in [-0.39, 0.29) is 10.6 Å². The second-order valence-corrected chi connectivity index (χ2v) is 4.48. The van der Waals surface area contributed by atoms with E-state index >= 15 is 0 Å². The predicted octanol–water partition coefficient (Wildman–Crippen LogP) is 1.41. The minimum absolute atomic E-state index is 0.0110. The summed E-state index contributed by atoms with van der Waals surface area (Å²) in [5.74, 6) is -2.26. The molecule has 0 spiro atoms. The van der Waals surface area contributed by atoms with E-state index in [1.165, 1.54) is 26.1 Å². The van der Waals surface area contributed by atoms with Crippen LogP contribution in [0.2, 0.25) is 5.02 Å². The van der Waals surface area contributed by atoms with Gasteiger partial charge in [-0.3, -0.25) is 14.9 Å². The minimum Gasteiger partial charge on any atom is -0.452 e. The van der Waals surface area contributed by atoms with Crippen LogP contribution in [-0.4, -0.2) is 31.1 Å². The molecule has 0 aliphatic heterocycles. The number of nitrogens with one attached hydrogen (secondary N) is 2. The van der Waals surface area contributed by atoms with Crippen LogP contribution in [0.4, 0.5) is 9.18 Å². The highest BCUT2D eigenvalue weighted by atomic mass is 35.5. The zero-order valence-corrected chi connectivity index (χ0v) is 12.2. The summed E-state index contributed by atoms with van der Waals surface area (Å²) in [6.45, 7) is 1.29. The topological polar surface area (TPSA) is 84.5 Å². The summed E-state index contributed by atoms with van der Waals surface area (Å²) in [5.41, 5.74) is -0.0110. The lowest BCUT2D eigenvalue weighted by atomic mass is 10.1. The Kier molecular flexibility index (Phi) is 6.10. The first-order valence-corrected chi connectivity index (χ1v) is 6.38. The third-order valence-corrected chi connectivity index (χ3v) is 2.88. The van der Waals surface area contributed by atoms with Gasteiger partial charge < -0.3 is 10.1 Å². The molecule has 0 saturated carbocycles. The number of hydrogen-bond acceptors (Lipinski definition) is 4. The Morgan fingerprint density at radius 1 is 1.38 bits per heavy atom. The Bertz CT molecular complexity index is 545. The van der Waals surface area contributed by atoms with Crippen LogP contribution in [0.5, 0.6) is 0 Å². The van der Waals surface area contributed by atoms with Crippen molar-refractivity contribution in [3.05, 3.63) is 34.6 Å². The number of carbonyl (C=O) groups excluding carboxylic acids is 3. The van der Waals surface area contributed by atoms with E-state index in [9.17, 15) is 18.8 Å². The fourth-order valence-corrected chi connectivity index (χ4v) is 1.64. The van der Waals surface area contributed by atoms with E-state index in [1.54, 1.807) is 0 Å². The Balaban J connectivity index is 2.61. The van der Waals surface area contributed by atoms with Gasteiger partial charge in [0.2, 0.25) is 0 Å². The Hall–Kier alpha value is -2.15. The molecule has 8 heteroatoms. The molecule has 1 rings (SSSR count). The number of rotatable bonds is 4. The summed E-state index contributed by atoms with van der Waals surface area (Å²) in [6, 6.07) is 3.29. The molecule has 0 aromatic heterocycles. The molecule has 2 N–H and O–H groups in total. The number of benzene rings is 1. The van der Waals surface area contributed by atoms with Crippen LogP contribution < -0.4 is 10.6 Å². The van der Waals surface area contributed by atoms with Gasteiger partial charge in [0.05, 0.1) is 6.42 Å². The molecule has 0 fully saturated rings. The van der Waals surface area contributed by atoms with Crippen molar-refractivity contribution in [2.75, 3.05) is 7.05 Å². The third kappa shape index (κ3) is 5.03. The molecule has 0 bridgehead atoms. The molecule has 1 atom stereocenters. The smallest absolute Gasteiger partial charge is 0.321 e. The van der Waals surface area contributed by atoms with E-state index in [1.807, 2.05) is 5.32 Å². The van der Waals surface area contributed by atoms with E-state index in [4.69, 9.17) is 16.3 Å². The summed E-state index contributed by atoms with van der Waals surface area (Å²) < 4.78 is 18.3. The van der Waals surface area contributed by atoms with Crippen LogP contribution in [0, 0.1) is 5.82 Å². The maximum Gasteiger partial charge on any atom is 0.321 e. The molecule has 21 heavy (non-hydrogen) atoms. The second kappa shape index (κ2) is 7.58. The molecule has 0 aliphatic carbocycles. The number of imide groups is 1. The number of amides is 3. The van der Waals surface area contributed by atoms with Gasteiger partial charge in [-0.15, -0.1) is 0 Å². The predicted molar refractivity (Wildman–Crippen MR) is 73.3 cm³/mol. The Morgan fingerprint density at radius 3 is 2.62 bits per heavy atom. The van der Waals surface area contributed by atoms with Crippen LogP contribution in [0.25, 0.3) is 0 Å². The lowest BCUT2D eigenvalue weighted by Crippen LogP contribution is -2.43. The molecule has 114 valence electrons. The van der Waals surface area contributed by atoms with E-state index in [2.05, 4.69) is 5.32 Å². The van der Waals surface area contributed by atoms with Crippen molar-refractivity contribution in [2.45, 2.75) is 19.4 Å². The molecule has 0 saturated heterocycles. The fraction of sp³-hybridized carbons (Fsp3) is 0.308. The van der Waals surface area contributed by atoms with Gasteiger partial charge in [0.25, 0.3) is 5.91 Å². The normalized spacial score (nSPS) is 11.4. The molecular weight excluding hydrogens is 303 g/mol. The molecule has 0 radical (unpaired) electrons. The first-order valence-electron chi connectivity index (χ1n) is 6.00. The fourth-order valence-electron chi connectivity index (χ4n) is 1.41. The maximum atomic E-state index is 13.5. The van der Waals surface area contributed by atoms with Gasteiger partial charge in [0.1, 0.15) is 5.82 Å². The molecule has 1 aromatic rings. The van der Waals surface area contributed by atoms with Gasteiger partial charge in [-0.1, -0.05) is 17.7 Å². The molecule has 0 unspecified atom stereocenters. The summed E-state index contributed by atoms with van der Waals surface area (Å²) in [7, 11) is 1.33. The Morgan fingerprint density at radius 2 is 2.05 bits per heavy atom. The quantitative estimate of drug-likeness (QED) is 0.823. The summed E-state index contributed by atoms with van der Waals surface area (Å²) in [4.78, 5) is 34.1. The highest BCUT2D eigenvalue weighted by molar-refractivity contribution is 6.31. The van der Waals surface area contributed by atoms with Crippen molar-refractivity contribution in [3.8, 4) is 0 Å². The number of urea groups is 1. The first kappa shape index (κ1) is 16.9. The van der Waals surface area contributed by atoms with Gasteiger partial charge in [-0.2, -0.15) is 0 Å². The largest absolute Gasteiger partial charge is 0.452 e. The first-order chi connectivity index (χ1) is 9.85. The van der Waals surface area contributed by atoms with Crippen LogP contribution in [0.15, 0.2) is 18.2 Å². The van der Waals surface area contributed by atoms with Crippen molar-refractivity contribution in [3.63, 3.8) is 0 Å². The second-order valence-electron chi connectivity index (χ2n) is 4.08. The van der Waals surface area contributed by atoms with Gasteiger partial charge in [0.15, 0.2) is 6.10 Å². The van der Waals surface area contributed by atoms with Gasteiger partial charge >= 0.3 is 12.0 Å². The molecule has 0 heterocycles. The summed E-state index contributed by atoms with van der Waals surface area (Å²) in [5, 5.41) is 4.23. The van der Waals surface area contributed by atoms with Crippen molar-refractivity contribution in [2.24, 2.45) is 0 Å². The van der Waals surface area contributed by atoms with Crippen LogP contribution in [0.1, 0.15) is 12.5 Å². The zero-order valence-electron chi connectivity index (χ0n) is 11.4. The molecule has 1 aromatic carbocycles. The van der Waals surface area contributed by atoms with Gasteiger partial charge in [-0.25, -0.2) is 9.18 Å². The highest BCUT2D eigenvalue weighted by Crippen LogP contribution is 2.19. The van der Waals surface area contributed by atoms with Crippen molar-refractivity contribution in [1.29, 1.82) is 0 Å². The van der Waals surface area contributed by atoms with E-state index in [0.29, 0.717) is 0 Å². The number of esters is 1. The Labute approximate surface area is 125 Å². The number of carbonyl (C=O) groups is 3. The molecule has 6 nitrogen and oxygen atoms in total. The average molecular weight is 317 g/mol. The molecular formula is C13H14ClFN2O4. The van der Waals surface area contributed by atoms with E-state index < -0.39 is 36.2 Å². The minimum atomic E-state index is -1.19. The average Bonchev–Trinajstić information content (AvgIpc) is 2.42. The van der Waals surface area contributed by atoms with Crippen molar-refractivity contribution >= 4 is 29.5 Å². The number of halogens is 2. The SMILES string of the molecule is CNC(=O)NC(=O)[C@H](C)OC(=O)Cc1c(F)cccc1Cl. The van der Waals surface area contributed by atoms with Crippen molar-refractivity contribution in [1.82, 2.24) is 10.6 Å². The number of ether oxygens (including phenoxy) is 1. The number of hydrogen-bond donors (Lipinski definition) is 2.